The van der Waals surface area contributed by atoms with Crippen LogP contribution in [0.4, 0.5) is 5.69 Å². The molecular formula is C12H11BrN2O4. The molecule has 0 bridgehead atoms. The molecule has 100 valence electrons. The maximum Gasteiger partial charge on any atom is 0.272 e. The van der Waals surface area contributed by atoms with Crippen molar-refractivity contribution in [2.75, 3.05) is 0 Å². The lowest BCUT2D eigenvalue weighted by atomic mass is 9.91. The number of amides is 2. The lowest BCUT2D eigenvalue weighted by Gasteiger charge is -2.14. The van der Waals surface area contributed by atoms with E-state index in [9.17, 15) is 19.7 Å². The molecule has 0 spiro atoms. The smallest absolute Gasteiger partial charge is 0.272 e. The molecule has 6 nitrogen and oxygen atoms in total. The number of aryl methyl sites for hydroxylation is 2. The molecule has 1 fully saturated rings. The second-order valence-electron chi connectivity index (χ2n) is 4.49. The SMILES string of the molecule is Cc1cc(C)c([N+](=O)[O-])cc1C1C(=O)NC(=O)C1Br. The summed E-state index contributed by atoms with van der Waals surface area (Å²) in [5.41, 5.74) is 1.74. The van der Waals surface area contributed by atoms with Gasteiger partial charge in [0.1, 0.15) is 4.83 Å². The number of hydrogen-bond acceptors (Lipinski definition) is 4. The van der Waals surface area contributed by atoms with E-state index in [0.717, 1.165) is 5.56 Å². The van der Waals surface area contributed by atoms with Crippen LogP contribution in [0.25, 0.3) is 0 Å². The van der Waals surface area contributed by atoms with Crippen molar-refractivity contribution in [2.24, 2.45) is 0 Å². The van der Waals surface area contributed by atoms with Crippen molar-refractivity contribution in [3.05, 3.63) is 38.9 Å². The van der Waals surface area contributed by atoms with Crippen LogP contribution in [-0.2, 0) is 9.59 Å². The van der Waals surface area contributed by atoms with Crippen LogP contribution < -0.4 is 5.32 Å². The Bertz CT molecular complexity index is 600. The third kappa shape index (κ3) is 2.25. The molecular weight excluding hydrogens is 316 g/mol. The van der Waals surface area contributed by atoms with E-state index in [1.165, 1.54) is 6.07 Å². The highest BCUT2D eigenvalue weighted by Gasteiger charge is 2.42. The van der Waals surface area contributed by atoms with Gasteiger partial charge in [-0.2, -0.15) is 0 Å². The first-order valence-electron chi connectivity index (χ1n) is 5.57. The number of nitrogens with one attached hydrogen (secondary N) is 1. The molecule has 0 aliphatic carbocycles. The summed E-state index contributed by atoms with van der Waals surface area (Å²) in [5, 5.41) is 13.2. The summed E-state index contributed by atoms with van der Waals surface area (Å²) in [7, 11) is 0. The minimum Gasteiger partial charge on any atom is -0.295 e. The summed E-state index contributed by atoms with van der Waals surface area (Å²) in [4.78, 5) is 33.0. The molecule has 0 aromatic heterocycles. The number of benzene rings is 1. The topological polar surface area (TPSA) is 89.3 Å². The molecule has 1 N–H and O–H groups in total. The lowest BCUT2D eigenvalue weighted by Crippen LogP contribution is -2.22. The molecule has 1 saturated heterocycles. The maximum atomic E-state index is 11.8. The first kappa shape index (κ1) is 13.7. The van der Waals surface area contributed by atoms with Gasteiger partial charge in [0.2, 0.25) is 11.8 Å². The molecule has 2 rings (SSSR count). The van der Waals surface area contributed by atoms with Crippen molar-refractivity contribution in [3.63, 3.8) is 0 Å². The van der Waals surface area contributed by atoms with E-state index in [-0.39, 0.29) is 5.69 Å². The quantitative estimate of drug-likeness (QED) is 0.388. The van der Waals surface area contributed by atoms with Gasteiger partial charge in [-0.15, -0.1) is 0 Å². The van der Waals surface area contributed by atoms with Crippen LogP contribution in [0.1, 0.15) is 22.6 Å². The second kappa shape index (κ2) is 4.73. The lowest BCUT2D eigenvalue weighted by molar-refractivity contribution is -0.385. The van der Waals surface area contributed by atoms with E-state index in [0.29, 0.717) is 11.1 Å². The van der Waals surface area contributed by atoms with E-state index in [1.807, 2.05) is 0 Å². The standard InChI is InChI=1S/C12H11BrN2O4/c1-5-3-6(2)8(15(18)19)4-7(5)9-10(13)12(17)14-11(9)16/h3-4,9-10H,1-2H3,(H,14,16,17). The highest BCUT2D eigenvalue weighted by molar-refractivity contribution is 9.10. The van der Waals surface area contributed by atoms with E-state index in [1.54, 1.807) is 19.9 Å². The van der Waals surface area contributed by atoms with E-state index < -0.39 is 27.5 Å². The predicted octanol–water partition coefficient (Wildman–Crippen LogP) is 1.72. The Morgan fingerprint density at radius 1 is 1.21 bits per heavy atom. The summed E-state index contributed by atoms with van der Waals surface area (Å²) < 4.78 is 0. The monoisotopic (exact) mass is 326 g/mol. The van der Waals surface area contributed by atoms with Gasteiger partial charge < -0.3 is 0 Å². The number of nitro groups is 1. The fourth-order valence-corrected chi connectivity index (χ4v) is 2.88. The molecule has 2 atom stereocenters. The number of hydrogen-bond donors (Lipinski definition) is 1. The van der Waals surface area contributed by atoms with Crippen molar-refractivity contribution in [1.82, 2.24) is 5.32 Å². The average Bonchev–Trinajstić information content (AvgIpc) is 2.54. The van der Waals surface area contributed by atoms with E-state index in [2.05, 4.69) is 21.2 Å². The van der Waals surface area contributed by atoms with Crippen molar-refractivity contribution in [3.8, 4) is 0 Å². The fourth-order valence-electron chi connectivity index (χ4n) is 2.24. The first-order valence-corrected chi connectivity index (χ1v) is 6.48. The Hall–Kier alpha value is -1.76. The molecule has 2 unspecified atom stereocenters. The number of imide groups is 1. The van der Waals surface area contributed by atoms with Crippen LogP contribution in [-0.4, -0.2) is 21.6 Å². The molecule has 19 heavy (non-hydrogen) atoms. The molecule has 1 aliphatic heterocycles. The van der Waals surface area contributed by atoms with Crippen LogP contribution in [0.15, 0.2) is 12.1 Å². The largest absolute Gasteiger partial charge is 0.295 e. The van der Waals surface area contributed by atoms with E-state index in [4.69, 9.17) is 0 Å². The summed E-state index contributed by atoms with van der Waals surface area (Å²) in [6.45, 7) is 3.41. The Morgan fingerprint density at radius 3 is 2.32 bits per heavy atom. The maximum absolute atomic E-state index is 11.8. The van der Waals surface area contributed by atoms with Crippen LogP contribution in [0.3, 0.4) is 0 Å². The predicted molar refractivity (Wildman–Crippen MR) is 71.2 cm³/mol. The van der Waals surface area contributed by atoms with E-state index >= 15 is 0 Å². The molecule has 1 heterocycles. The van der Waals surface area contributed by atoms with Crippen LogP contribution in [0.5, 0.6) is 0 Å². The number of halogens is 1. The molecule has 0 saturated carbocycles. The van der Waals surface area contributed by atoms with Gasteiger partial charge in [0, 0.05) is 11.6 Å². The Balaban J connectivity index is 2.57. The third-order valence-corrected chi connectivity index (χ3v) is 4.13. The highest BCUT2D eigenvalue weighted by Crippen LogP contribution is 2.35. The molecule has 1 aromatic carbocycles. The number of rotatable bonds is 2. The number of nitrogens with zero attached hydrogens (tertiary/aromatic N) is 1. The molecule has 0 radical (unpaired) electrons. The number of alkyl halides is 1. The van der Waals surface area contributed by atoms with Crippen LogP contribution in [0, 0.1) is 24.0 Å². The highest BCUT2D eigenvalue weighted by atomic mass is 79.9. The number of carbonyl (C=O) groups is 2. The molecule has 1 aromatic rings. The summed E-state index contributed by atoms with van der Waals surface area (Å²) in [6, 6.07) is 3.03. The van der Waals surface area contributed by atoms with Crippen LogP contribution >= 0.6 is 15.9 Å². The first-order chi connectivity index (χ1) is 8.82. The van der Waals surface area contributed by atoms with Crippen LogP contribution in [0.2, 0.25) is 0 Å². The average molecular weight is 327 g/mol. The van der Waals surface area contributed by atoms with Gasteiger partial charge in [-0.3, -0.25) is 25.0 Å². The van der Waals surface area contributed by atoms with Gasteiger partial charge >= 0.3 is 0 Å². The third-order valence-electron chi connectivity index (χ3n) is 3.19. The van der Waals surface area contributed by atoms with Gasteiger partial charge in [0.25, 0.3) is 5.69 Å². The van der Waals surface area contributed by atoms with Gasteiger partial charge in [-0.05, 0) is 31.0 Å². The van der Waals surface area contributed by atoms with Gasteiger partial charge in [0.15, 0.2) is 0 Å². The van der Waals surface area contributed by atoms with Gasteiger partial charge in [0.05, 0.1) is 10.8 Å². The fraction of sp³-hybridized carbons (Fsp3) is 0.333. The van der Waals surface area contributed by atoms with Gasteiger partial charge in [-0.1, -0.05) is 15.9 Å². The number of carbonyl (C=O) groups excluding carboxylic acids is 2. The Morgan fingerprint density at radius 2 is 1.84 bits per heavy atom. The zero-order chi connectivity index (χ0) is 14.3. The minimum absolute atomic E-state index is 0.0487. The molecule has 2 amide bonds. The van der Waals surface area contributed by atoms with Crippen molar-refractivity contribution < 1.29 is 14.5 Å². The summed E-state index contributed by atoms with van der Waals surface area (Å²) in [6.07, 6.45) is 0. The van der Waals surface area contributed by atoms with Crippen molar-refractivity contribution in [2.45, 2.75) is 24.6 Å². The summed E-state index contributed by atoms with van der Waals surface area (Å²) >= 11 is 3.16. The second-order valence-corrected chi connectivity index (χ2v) is 5.47. The normalized spacial score (nSPS) is 22.5. The zero-order valence-electron chi connectivity index (χ0n) is 10.3. The summed E-state index contributed by atoms with van der Waals surface area (Å²) in [5.74, 6) is -1.59. The Labute approximate surface area is 117 Å². The van der Waals surface area contributed by atoms with Crippen molar-refractivity contribution in [1.29, 1.82) is 0 Å². The zero-order valence-corrected chi connectivity index (χ0v) is 11.9. The van der Waals surface area contributed by atoms with Gasteiger partial charge in [-0.25, -0.2) is 0 Å². The number of nitro benzene ring substituents is 1. The Kier molecular flexibility index (Phi) is 3.40. The molecule has 7 heteroatoms. The molecule has 1 aliphatic rings. The van der Waals surface area contributed by atoms with Crippen molar-refractivity contribution >= 4 is 33.4 Å². The minimum atomic E-state index is -0.730.